The molecule has 0 radical (unpaired) electrons. The summed E-state index contributed by atoms with van der Waals surface area (Å²) in [6.07, 6.45) is 7.04. The SMILES string of the molecule is Fc1cccc(NC(=S)NN=C2CCCCCC2)c1. The third-order valence-electron chi connectivity index (χ3n) is 3.08. The normalized spacial score (nSPS) is 15.5. The van der Waals surface area contributed by atoms with Gasteiger partial charge in [0.05, 0.1) is 0 Å². The van der Waals surface area contributed by atoms with Crippen LogP contribution in [0.4, 0.5) is 10.1 Å². The van der Waals surface area contributed by atoms with Gasteiger partial charge in [-0.1, -0.05) is 18.9 Å². The monoisotopic (exact) mass is 279 g/mol. The van der Waals surface area contributed by atoms with Crippen LogP contribution in [0.25, 0.3) is 0 Å². The van der Waals surface area contributed by atoms with Gasteiger partial charge in [0.1, 0.15) is 5.82 Å². The minimum absolute atomic E-state index is 0.289. The molecule has 3 nitrogen and oxygen atoms in total. The van der Waals surface area contributed by atoms with Crippen LogP contribution in [0, 0.1) is 5.82 Å². The second-order valence-electron chi connectivity index (χ2n) is 4.67. The maximum atomic E-state index is 13.0. The number of hydrogen-bond acceptors (Lipinski definition) is 2. The fourth-order valence-electron chi connectivity index (χ4n) is 2.10. The van der Waals surface area contributed by atoms with Crippen LogP contribution in [0.5, 0.6) is 0 Å². The molecule has 0 unspecified atom stereocenters. The van der Waals surface area contributed by atoms with Crippen molar-refractivity contribution in [2.24, 2.45) is 5.10 Å². The highest BCUT2D eigenvalue weighted by atomic mass is 32.1. The molecule has 2 N–H and O–H groups in total. The Labute approximate surface area is 118 Å². The van der Waals surface area contributed by atoms with Crippen molar-refractivity contribution < 1.29 is 4.39 Å². The standard InChI is InChI=1S/C14H18FN3S/c15-11-6-5-9-13(10-11)16-14(19)18-17-12-7-3-1-2-4-8-12/h5-6,9-10H,1-4,7-8H2,(H2,16,18,19). The Morgan fingerprint density at radius 1 is 1.16 bits per heavy atom. The van der Waals surface area contributed by atoms with Crippen molar-refractivity contribution in [1.82, 2.24) is 5.43 Å². The van der Waals surface area contributed by atoms with E-state index < -0.39 is 0 Å². The summed E-state index contributed by atoms with van der Waals surface area (Å²) in [6, 6.07) is 6.19. The van der Waals surface area contributed by atoms with Gasteiger partial charge in [-0.25, -0.2) is 4.39 Å². The van der Waals surface area contributed by atoms with E-state index >= 15 is 0 Å². The van der Waals surface area contributed by atoms with Gasteiger partial charge in [0.25, 0.3) is 0 Å². The lowest BCUT2D eigenvalue weighted by Gasteiger charge is -2.08. The zero-order valence-electron chi connectivity index (χ0n) is 10.8. The molecular formula is C14H18FN3S. The first kappa shape index (κ1) is 13.9. The number of benzene rings is 1. The number of rotatable bonds is 2. The first-order valence-corrected chi connectivity index (χ1v) is 7.03. The molecule has 1 aliphatic rings. The maximum Gasteiger partial charge on any atom is 0.191 e. The first-order chi connectivity index (χ1) is 9.24. The minimum atomic E-state index is -0.289. The Morgan fingerprint density at radius 2 is 1.89 bits per heavy atom. The summed E-state index contributed by atoms with van der Waals surface area (Å²) < 4.78 is 13.0. The van der Waals surface area contributed by atoms with E-state index in [1.54, 1.807) is 12.1 Å². The molecule has 0 amide bonds. The molecule has 1 saturated carbocycles. The third kappa shape index (κ3) is 4.95. The number of anilines is 1. The highest BCUT2D eigenvalue weighted by Gasteiger charge is 2.06. The van der Waals surface area contributed by atoms with Crippen LogP contribution >= 0.6 is 12.2 Å². The van der Waals surface area contributed by atoms with Gasteiger partial charge < -0.3 is 5.32 Å². The maximum absolute atomic E-state index is 13.0. The van der Waals surface area contributed by atoms with Crippen molar-refractivity contribution in [1.29, 1.82) is 0 Å². The molecule has 5 heteroatoms. The van der Waals surface area contributed by atoms with Gasteiger partial charge in [-0.2, -0.15) is 5.10 Å². The Balaban J connectivity index is 1.85. The summed E-state index contributed by atoms with van der Waals surface area (Å²) in [6.45, 7) is 0. The molecule has 0 spiro atoms. The summed E-state index contributed by atoms with van der Waals surface area (Å²) >= 11 is 5.13. The van der Waals surface area contributed by atoms with E-state index in [-0.39, 0.29) is 5.82 Å². The van der Waals surface area contributed by atoms with Gasteiger partial charge in [0.2, 0.25) is 0 Å². The number of hydrogen-bond donors (Lipinski definition) is 2. The average molecular weight is 279 g/mol. The largest absolute Gasteiger partial charge is 0.331 e. The molecule has 19 heavy (non-hydrogen) atoms. The second-order valence-corrected chi connectivity index (χ2v) is 5.08. The smallest absolute Gasteiger partial charge is 0.191 e. The second kappa shape index (κ2) is 7.19. The summed E-state index contributed by atoms with van der Waals surface area (Å²) in [5.41, 5.74) is 4.63. The quantitative estimate of drug-likeness (QED) is 0.491. The van der Waals surface area contributed by atoms with Crippen molar-refractivity contribution in [2.75, 3.05) is 5.32 Å². The van der Waals surface area contributed by atoms with Gasteiger partial charge in [-0.3, -0.25) is 5.43 Å². The molecule has 0 atom stereocenters. The first-order valence-electron chi connectivity index (χ1n) is 6.62. The predicted molar refractivity (Wildman–Crippen MR) is 80.9 cm³/mol. The van der Waals surface area contributed by atoms with Gasteiger partial charge in [0.15, 0.2) is 5.11 Å². The minimum Gasteiger partial charge on any atom is -0.331 e. The summed E-state index contributed by atoms with van der Waals surface area (Å²) in [4.78, 5) is 0. The van der Waals surface area contributed by atoms with Crippen LogP contribution in [0.1, 0.15) is 38.5 Å². The van der Waals surface area contributed by atoms with Gasteiger partial charge in [-0.15, -0.1) is 0 Å². The van der Waals surface area contributed by atoms with Crippen LogP contribution < -0.4 is 10.7 Å². The highest BCUT2D eigenvalue weighted by molar-refractivity contribution is 7.80. The van der Waals surface area contributed by atoms with Crippen molar-refractivity contribution in [3.63, 3.8) is 0 Å². The predicted octanol–water partition coefficient (Wildman–Crippen LogP) is 3.82. The summed E-state index contributed by atoms with van der Waals surface area (Å²) in [7, 11) is 0. The van der Waals surface area contributed by atoms with E-state index in [9.17, 15) is 4.39 Å². The van der Waals surface area contributed by atoms with E-state index in [4.69, 9.17) is 12.2 Å². The van der Waals surface area contributed by atoms with E-state index in [2.05, 4.69) is 15.8 Å². The Morgan fingerprint density at radius 3 is 2.58 bits per heavy atom. The molecule has 0 bridgehead atoms. The van der Waals surface area contributed by atoms with Crippen molar-refractivity contribution >= 4 is 28.7 Å². The topological polar surface area (TPSA) is 36.4 Å². The molecule has 0 saturated heterocycles. The van der Waals surface area contributed by atoms with E-state index in [0.29, 0.717) is 10.8 Å². The molecular weight excluding hydrogens is 261 g/mol. The molecule has 1 fully saturated rings. The number of hydrazone groups is 1. The molecule has 2 rings (SSSR count). The number of nitrogens with one attached hydrogen (secondary N) is 2. The summed E-state index contributed by atoms with van der Waals surface area (Å²) in [5.74, 6) is -0.289. The van der Waals surface area contributed by atoms with Gasteiger partial charge >= 0.3 is 0 Å². The van der Waals surface area contributed by atoms with Crippen molar-refractivity contribution in [3.8, 4) is 0 Å². The molecule has 0 aromatic heterocycles. The highest BCUT2D eigenvalue weighted by Crippen LogP contribution is 2.14. The van der Waals surface area contributed by atoms with Crippen molar-refractivity contribution in [2.45, 2.75) is 38.5 Å². The van der Waals surface area contributed by atoms with E-state index in [0.717, 1.165) is 12.8 Å². The molecule has 0 aliphatic heterocycles. The van der Waals surface area contributed by atoms with Crippen molar-refractivity contribution in [3.05, 3.63) is 30.1 Å². The van der Waals surface area contributed by atoms with Crippen LogP contribution in [0.3, 0.4) is 0 Å². The summed E-state index contributed by atoms with van der Waals surface area (Å²) in [5, 5.41) is 7.63. The number of halogens is 1. The fourth-order valence-corrected chi connectivity index (χ4v) is 2.27. The number of nitrogens with zero attached hydrogens (tertiary/aromatic N) is 1. The third-order valence-corrected chi connectivity index (χ3v) is 3.27. The van der Waals surface area contributed by atoms with Crippen LogP contribution in [0.2, 0.25) is 0 Å². The van der Waals surface area contributed by atoms with E-state index in [1.165, 1.54) is 43.5 Å². The fraction of sp³-hybridized carbons (Fsp3) is 0.429. The molecule has 0 heterocycles. The van der Waals surface area contributed by atoms with E-state index in [1.807, 2.05) is 0 Å². The molecule has 1 aliphatic carbocycles. The molecule has 102 valence electrons. The lowest BCUT2D eigenvalue weighted by molar-refractivity contribution is 0.628. The number of thiocarbonyl (C=S) groups is 1. The Kier molecular flexibility index (Phi) is 5.27. The zero-order chi connectivity index (χ0) is 13.5. The molecule has 1 aromatic rings. The lowest BCUT2D eigenvalue weighted by Crippen LogP contribution is -2.25. The Hall–Kier alpha value is -1.49. The zero-order valence-corrected chi connectivity index (χ0v) is 11.6. The Bertz CT molecular complexity index is 464. The van der Waals surface area contributed by atoms with Gasteiger partial charge in [-0.05, 0) is 56.1 Å². The van der Waals surface area contributed by atoms with Crippen LogP contribution in [-0.2, 0) is 0 Å². The van der Waals surface area contributed by atoms with Crippen LogP contribution in [-0.4, -0.2) is 10.8 Å². The van der Waals surface area contributed by atoms with Gasteiger partial charge in [0, 0.05) is 11.4 Å². The van der Waals surface area contributed by atoms with Crippen LogP contribution in [0.15, 0.2) is 29.4 Å². The average Bonchev–Trinajstić information content (AvgIpc) is 2.65. The molecule has 1 aromatic carbocycles. The lowest BCUT2D eigenvalue weighted by atomic mass is 10.2.